The van der Waals surface area contributed by atoms with Crippen molar-refractivity contribution in [1.29, 1.82) is 0 Å². The molecule has 23 heavy (non-hydrogen) atoms. The third kappa shape index (κ3) is 3.71. The van der Waals surface area contributed by atoms with Crippen LogP contribution in [0.5, 0.6) is 0 Å². The largest absolute Gasteiger partial charge is 0.379 e. The van der Waals surface area contributed by atoms with E-state index in [1.54, 1.807) is 30.0 Å². The highest BCUT2D eigenvalue weighted by Crippen LogP contribution is 2.25. The molecule has 0 atom stereocenters. The molecule has 0 amide bonds. The van der Waals surface area contributed by atoms with Gasteiger partial charge < -0.3 is 9.72 Å². The van der Waals surface area contributed by atoms with Gasteiger partial charge in [-0.3, -0.25) is 0 Å². The molecule has 0 radical (unpaired) electrons. The molecular weight excluding hydrogens is 334 g/mol. The summed E-state index contributed by atoms with van der Waals surface area (Å²) in [5.41, 5.74) is 1.54. The fraction of sp³-hybridized carbons (Fsp3) is 0.533. The third-order valence-electron chi connectivity index (χ3n) is 3.59. The fourth-order valence-corrected chi connectivity index (χ4v) is 4.65. The number of sulfonamides is 1. The van der Waals surface area contributed by atoms with Crippen molar-refractivity contribution in [3.05, 3.63) is 18.2 Å². The Bertz CT molecular complexity index is 780. The molecular formula is C15H21N3O3S2. The first-order valence-electron chi connectivity index (χ1n) is 7.67. The van der Waals surface area contributed by atoms with Crippen molar-refractivity contribution in [3.8, 4) is 0 Å². The van der Waals surface area contributed by atoms with E-state index >= 15 is 0 Å². The van der Waals surface area contributed by atoms with E-state index in [0.29, 0.717) is 37.1 Å². The second-order valence-corrected chi connectivity index (χ2v) is 8.89. The Labute approximate surface area is 140 Å². The molecule has 1 aromatic heterocycles. The van der Waals surface area contributed by atoms with Crippen molar-refractivity contribution in [1.82, 2.24) is 14.3 Å². The molecule has 2 heterocycles. The summed E-state index contributed by atoms with van der Waals surface area (Å²) in [6.45, 7) is 6.01. The number of aromatic nitrogens is 2. The van der Waals surface area contributed by atoms with E-state index in [9.17, 15) is 8.42 Å². The highest BCUT2D eigenvalue weighted by Gasteiger charge is 2.26. The van der Waals surface area contributed by atoms with Crippen LogP contribution in [0.2, 0.25) is 0 Å². The lowest BCUT2D eigenvalue weighted by Gasteiger charge is -2.25. The van der Waals surface area contributed by atoms with Gasteiger partial charge in [0.15, 0.2) is 5.16 Å². The number of fused-ring (bicyclic) bond motifs is 1. The molecule has 3 rings (SSSR count). The smallest absolute Gasteiger partial charge is 0.243 e. The monoisotopic (exact) mass is 355 g/mol. The van der Waals surface area contributed by atoms with E-state index in [-0.39, 0.29) is 0 Å². The summed E-state index contributed by atoms with van der Waals surface area (Å²) in [6.07, 6.45) is 0. The van der Waals surface area contributed by atoms with Gasteiger partial charge in [0.2, 0.25) is 10.0 Å². The van der Waals surface area contributed by atoms with E-state index < -0.39 is 10.0 Å². The van der Waals surface area contributed by atoms with Gasteiger partial charge >= 0.3 is 0 Å². The number of nitrogens with zero attached hydrogens (tertiary/aromatic N) is 2. The molecule has 0 spiro atoms. The second kappa shape index (κ2) is 6.80. The molecule has 0 saturated carbocycles. The molecule has 1 aromatic carbocycles. The minimum Gasteiger partial charge on any atom is -0.379 e. The van der Waals surface area contributed by atoms with Crippen LogP contribution in [0.1, 0.15) is 13.8 Å². The van der Waals surface area contributed by atoms with Crippen LogP contribution in [0.25, 0.3) is 11.0 Å². The highest BCUT2D eigenvalue weighted by atomic mass is 32.2. The van der Waals surface area contributed by atoms with Crippen LogP contribution in [0.3, 0.4) is 0 Å². The Kier molecular flexibility index (Phi) is 4.96. The van der Waals surface area contributed by atoms with Crippen LogP contribution >= 0.6 is 11.8 Å². The number of morpholine rings is 1. The number of aromatic amines is 1. The Hall–Kier alpha value is -1.09. The standard InChI is InChI=1S/C15H21N3O3S2/c1-11(2)10-22-15-16-13-4-3-12(9-14(13)17-15)23(19,20)18-5-7-21-8-6-18/h3-4,9,11H,5-8,10H2,1-2H3,(H,16,17). The van der Waals surface area contributed by atoms with Crippen LogP contribution in [0.15, 0.2) is 28.3 Å². The number of rotatable bonds is 5. The summed E-state index contributed by atoms with van der Waals surface area (Å²) in [5.74, 6) is 1.55. The zero-order valence-corrected chi connectivity index (χ0v) is 14.9. The number of hydrogen-bond donors (Lipinski definition) is 1. The molecule has 8 heteroatoms. The van der Waals surface area contributed by atoms with Crippen molar-refractivity contribution >= 4 is 32.8 Å². The van der Waals surface area contributed by atoms with Crippen LogP contribution in [-0.4, -0.2) is 54.7 Å². The molecule has 1 fully saturated rings. The molecule has 1 aliphatic heterocycles. The van der Waals surface area contributed by atoms with Crippen LogP contribution < -0.4 is 0 Å². The average molecular weight is 355 g/mol. The van der Waals surface area contributed by atoms with Crippen molar-refractivity contribution in [3.63, 3.8) is 0 Å². The number of imidazole rings is 1. The molecule has 0 aliphatic carbocycles. The number of hydrogen-bond acceptors (Lipinski definition) is 5. The highest BCUT2D eigenvalue weighted by molar-refractivity contribution is 7.99. The van der Waals surface area contributed by atoms with E-state index in [4.69, 9.17) is 4.74 Å². The molecule has 6 nitrogen and oxygen atoms in total. The van der Waals surface area contributed by atoms with E-state index in [0.717, 1.165) is 21.9 Å². The Balaban J connectivity index is 1.87. The number of H-pyrrole nitrogens is 1. The maximum absolute atomic E-state index is 12.7. The zero-order chi connectivity index (χ0) is 16.4. The maximum atomic E-state index is 12.7. The molecule has 1 aliphatic rings. The molecule has 0 unspecified atom stereocenters. The zero-order valence-electron chi connectivity index (χ0n) is 13.3. The van der Waals surface area contributed by atoms with E-state index in [1.807, 2.05) is 0 Å². The lowest BCUT2D eigenvalue weighted by Crippen LogP contribution is -2.40. The fourth-order valence-electron chi connectivity index (χ4n) is 2.38. The average Bonchev–Trinajstić information content (AvgIpc) is 2.95. The molecule has 2 aromatic rings. The van der Waals surface area contributed by atoms with Gasteiger partial charge in [0.25, 0.3) is 0 Å². The minimum atomic E-state index is -3.47. The van der Waals surface area contributed by atoms with Crippen LogP contribution in [-0.2, 0) is 14.8 Å². The van der Waals surface area contributed by atoms with Gasteiger partial charge in [-0.15, -0.1) is 0 Å². The summed E-state index contributed by atoms with van der Waals surface area (Å²) in [7, 11) is -3.47. The summed E-state index contributed by atoms with van der Waals surface area (Å²) < 4.78 is 32.1. The number of ether oxygens (including phenoxy) is 1. The van der Waals surface area contributed by atoms with Gasteiger partial charge in [-0.05, 0) is 24.1 Å². The topological polar surface area (TPSA) is 75.3 Å². The predicted octanol–water partition coefficient (Wildman–Crippen LogP) is 2.33. The first kappa shape index (κ1) is 16.8. The van der Waals surface area contributed by atoms with Crippen molar-refractivity contribution in [2.75, 3.05) is 32.1 Å². The Morgan fingerprint density at radius 2 is 2.09 bits per heavy atom. The van der Waals surface area contributed by atoms with Crippen molar-refractivity contribution < 1.29 is 13.2 Å². The quantitative estimate of drug-likeness (QED) is 0.833. The molecule has 0 bridgehead atoms. The van der Waals surface area contributed by atoms with Gasteiger partial charge in [-0.2, -0.15) is 4.31 Å². The summed E-state index contributed by atoms with van der Waals surface area (Å²) in [4.78, 5) is 8.01. The van der Waals surface area contributed by atoms with Gasteiger partial charge in [0.05, 0.1) is 29.1 Å². The molecule has 1 saturated heterocycles. The third-order valence-corrected chi connectivity index (χ3v) is 6.79. The molecule has 126 valence electrons. The Morgan fingerprint density at radius 3 is 2.78 bits per heavy atom. The maximum Gasteiger partial charge on any atom is 0.243 e. The van der Waals surface area contributed by atoms with E-state index in [2.05, 4.69) is 23.8 Å². The number of nitrogens with one attached hydrogen (secondary N) is 1. The second-order valence-electron chi connectivity index (χ2n) is 5.94. The van der Waals surface area contributed by atoms with Gasteiger partial charge in [0, 0.05) is 18.8 Å². The van der Waals surface area contributed by atoms with E-state index in [1.165, 1.54) is 4.31 Å². The lowest BCUT2D eigenvalue weighted by molar-refractivity contribution is 0.0730. The minimum absolute atomic E-state index is 0.302. The summed E-state index contributed by atoms with van der Waals surface area (Å²) in [5, 5.41) is 0.828. The SMILES string of the molecule is CC(C)CSc1nc2ccc(S(=O)(=O)N3CCOCC3)cc2[nH]1. The van der Waals surface area contributed by atoms with Crippen LogP contribution in [0, 0.1) is 5.92 Å². The van der Waals surface area contributed by atoms with Gasteiger partial charge in [-0.1, -0.05) is 25.6 Å². The normalized spacial score (nSPS) is 17.2. The summed E-state index contributed by atoms with van der Waals surface area (Å²) >= 11 is 1.65. The first-order valence-corrected chi connectivity index (χ1v) is 10.1. The summed E-state index contributed by atoms with van der Waals surface area (Å²) in [6, 6.07) is 5.07. The first-order chi connectivity index (χ1) is 11.0. The van der Waals surface area contributed by atoms with Crippen molar-refractivity contribution in [2.45, 2.75) is 23.9 Å². The molecule has 1 N–H and O–H groups in total. The van der Waals surface area contributed by atoms with Gasteiger partial charge in [0.1, 0.15) is 0 Å². The van der Waals surface area contributed by atoms with Crippen LogP contribution in [0.4, 0.5) is 0 Å². The van der Waals surface area contributed by atoms with Gasteiger partial charge in [-0.25, -0.2) is 13.4 Å². The predicted molar refractivity (Wildman–Crippen MR) is 91.2 cm³/mol. The lowest BCUT2D eigenvalue weighted by atomic mass is 10.3. The Morgan fingerprint density at radius 1 is 1.35 bits per heavy atom. The number of benzene rings is 1. The number of thioether (sulfide) groups is 1. The van der Waals surface area contributed by atoms with Crippen molar-refractivity contribution in [2.24, 2.45) is 5.92 Å².